The van der Waals surface area contributed by atoms with Crippen LogP contribution in [0.15, 0.2) is 30.5 Å². The van der Waals surface area contributed by atoms with E-state index in [-0.39, 0.29) is 0 Å². The predicted octanol–water partition coefficient (Wildman–Crippen LogP) is 4.00. The summed E-state index contributed by atoms with van der Waals surface area (Å²) >= 11 is 0. The normalized spacial score (nSPS) is 16.6. The lowest BCUT2D eigenvalue weighted by atomic mass is 9.85. The van der Waals surface area contributed by atoms with Crippen molar-refractivity contribution in [3.8, 4) is 0 Å². The molecule has 16 heavy (non-hydrogen) atoms. The Morgan fingerprint density at radius 1 is 1.25 bits per heavy atom. The van der Waals surface area contributed by atoms with Gasteiger partial charge in [-0.15, -0.1) is 0 Å². The Morgan fingerprint density at radius 2 is 2.12 bits per heavy atom. The van der Waals surface area contributed by atoms with Crippen LogP contribution in [0.25, 0.3) is 10.9 Å². The van der Waals surface area contributed by atoms with Crippen LogP contribution in [0.3, 0.4) is 0 Å². The minimum atomic E-state index is 0.931. The third-order valence-corrected chi connectivity index (χ3v) is 3.93. The van der Waals surface area contributed by atoms with E-state index in [4.69, 9.17) is 0 Å². The fraction of sp³-hybridized carbons (Fsp3) is 0.467. The van der Waals surface area contributed by atoms with E-state index in [0.717, 1.165) is 12.3 Å². The van der Waals surface area contributed by atoms with E-state index < -0.39 is 0 Å². The Kier molecular flexibility index (Phi) is 2.47. The molecule has 1 aromatic carbocycles. The lowest BCUT2D eigenvalue weighted by molar-refractivity contribution is 0.280. The largest absolute Gasteiger partial charge is 0.347 e. The molecular weight excluding hydrogens is 194 g/mol. The van der Waals surface area contributed by atoms with Crippen LogP contribution in [-0.2, 0) is 13.0 Å². The van der Waals surface area contributed by atoms with Crippen molar-refractivity contribution >= 4 is 10.9 Å². The lowest BCUT2D eigenvalue weighted by Gasteiger charge is -2.26. The van der Waals surface area contributed by atoms with Gasteiger partial charge in [-0.1, -0.05) is 25.5 Å². The van der Waals surface area contributed by atoms with Crippen LogP contribution in [0.2, 0.25) is 0 Å². The molecule has 1 saturated carbocycles. The Balaban J connectivity index is 1.96. The lowest BCUT2D eigenvalue weighted by Crippen LogP contribution is -2.17. The highest BCUT2D eigenvalue weighted by Gasteiger charge is 2.18. The van der Waals surface area contributed by atoms with Crippen molar-refractivity contribution in [1.29, 1.82) is 0 Å². The number of rotatable bonds is 3. The van der Waals surface area contributed by atoms with Gasteiger partial charge in [-0.25, -0.2) is 0 Å². The summed E-state index contributed by atoms with van der Waals surface area (Å²) in [5, 5.41) is 1.39. The predicted molar refractivity (Wildman–Crippen MR) is 68.7 cm³/mol. The van der Waals surface area contributed by atoms with Gasteiger partial charge in [-0.05, 0) is 48.3 Å². The number of hydrogen-bond donors (Lipinski definition) is 0. The number of aromatic nitrogens is 1. The summed E-state index contributed by atoms with van der Waals surface area (Å²) in [6, 6.07) is 9.10. The second-order valence-electron chi connectivity index (χ2n) is 5.01. The second kappa shape index (κ2) is 3.97. The second-order valence-corrected chi connectivity index (χ2v) is 5.01. The minimum Gasteiger partial charge on any atom is -0.347 e. The van der Waals surface area contributed by atoms with Crippen molar-refractivity contribution in [2.75, 3.05) is 0 Å². The van der Waals surface area contributed by atoms with E-state index in [1.165, 1.54) is 42.3 Å². The summed E-state index contributed by atoms with van der Waals surface area (Å²) in [5.74, 6) is 0.931. The fourth-order valence-corrected chi connectivity index (χ4v) is 2.56. The standard InChI is InChI=1S/C15H19N/c1-2-12-6-7-14-8-9-16(15(14)10-12)11-13-4-3-5-13/h6-10,13H,2-5,11H2,1H3. The maximum absolute atomic E-state index is 2.44. The Labute approximate surface area is 97.1 Å². The molecule has 3 rings (SSSR count). The highest BCUT2D eigenvalue weighted by molar-refractivity contribution is 5.80. The summed E-state index contributed by atoms with van der Waals surface area (Å²) in [5.41, 5.74) is 2.87. The van der Waals surface area contributed by atoms with Gasteiger partial charge in [0.1, 0.15) is 0 Å². The van der Waals surface area contributed by atoms with Gasteiger partial charge in [-0.3, -0.25) is 0 Å². The van der Waals surface area contributed by atoms with Gasteiger partial charge in [0.2, 0.25) is 0 Å². The summed E-state index contributed by atoms with van der Waals surface area (Å²) in [4.78, 5) is 0. The molecule has 0 unspecified atom stereocenters. The molecule has 0 bridgehead atoms. The molecule has 1 aliphatic rings. The summed E-state index contributed by atoms with van der Waals surface area (Å²) in [6.45, 7) is 3.44. The highest BCUT2D eigenvalue weighted by atomic mass is 15.0. The zero-order valence-corrected chi connectivity index (χ0v) is 9.95. The van der Waals surface area contributed by atoms with Crippen molar-refractivity contribution in [3.05, 3.63) is 36.0 Å². The number of nitrogens with zero attached hydrogens (tertiary/aromatic N) is 1. The molecular formula is C15H19N. The summed E-state index contributed by atoms with van der Waals surface area (Å²) in [6.07, 6.45) is 7.66. The van der Waals surface area contributed by atoms with Crippen molar-refractivity contribution < 1.29 is 0 Å². The molecule has 1 nitrogen and oxygen atoms in total. The quantitative estimate of drug-likeness (QED) is 0.726. The van der Waals surface area contributed by atoms with Gasteiger partial charge < -0.3 is 4.57 Å². The van der Waals surface area contributed by atoms with Crippen molar-refractivity contribution in [2.45, 2.75) is 39.2 Å². The number of hydrogen-bond acceptors (Lipinski definition) is 0. The first kappa shape index (κ1) is 9.95. The van der Waals surface area contributed by atoms with E-state index in [1.807, 2.05) is 0 Å². The first-order chi connectivity index (χ1) is 7.86. The first-order valence-electron chi connectivity index (χ1n) is 6.44. The smallest absolute Gasteiger partial charge is 0.0483 e. The molecule has 2 aromatic rings. The van der Waals surface area contributed by atoms with E-state index in [9.17, 15) is 0 Å². The molecule has 1 heterocycles. The molecule has 0 amide bonds. The van der Waals surface area contributed by atoms with Gasteiger partial charge in [-0.2, -0.15) is 0 Å². The SMILES string of the molecule is CCc1ccc2ccn(CC3CCC3)c2c1. The molecule has 1 fully saturated rings. The maximum Gasteiger partial charge on any atom is 0.0483 e. The van der Waals surface area contributed by atoms with Crippen molar-refractivity contribution in [3.63, 3.8) is 0 Å². The average molecular weight is 213 g/mol. The molecule has 1 aliphatic carbocycles. The van der Waals surface area contributed by atoms with Gasteiger partial charge in [0, 0.05) is 18.3 Å². The number of fused-ring (bicyclic) bond motifs is 1. The number of aryl methyl sites for hydroxylation is 1. The van der Waals surface area contributed by atoms with Crippen LogP contribution in [-0.4, -0.2) is 4.57 Å². The highest BCUT2D eigenvalue weighted by Crippen LogP contribution is 2.29. The summed E-state index contributed by atoms with van der Waals surface area (Å²) in [7, 11) is 0. The molecule has 0 spiro atoms. The molecule has 0 aliphatic heterocycles. The third kappa shape index (κ3) is 1.64. The van der Waals surface area contributed by atoms with Crippen LogP contribution in [0.1, 0.15) is 31.7 Å². The Hall–Kier alpha value is -1.24. The Bertz CT molecular complexity index is 491. The topological polar surface area (TPSA) is 4.93 Å². The van der Waals surface area contributed by atoms with E-state index in [1.54, 1.807) is 0 Å². The van der Waals surface area contributed by atoms with Crippen LogP contribution in [0.4, 0.5) is 0 Å². The minimum absolute atomic E-state index is 0.931. The molecule has 84 valence electrons. The van der Waals surface area contributed by atoms with Crippen LogP contribution in [0.5, 0.6) is 0 Å². The zero-order chi connectivity index (χ0) is 11.0. The van der Waals surface area contributed by atoms with E-state index in [2.05, 4.69) is 42.0 Å². The molecule has 1 heteroatoms. The number of benzene rings is 1. The van der Waals surface area contributed by atoms with Crippen molar-refractivity contribution in [2.24, 2.45) is 5.92 Å². The van der Waals surface area contributed by atoms with E-state index >= 15 is 0 Å². The van der Waals surface area contributed by atoms with Crippen LogP contribution >= 0.6 is 0 Å². The van der Waals surface area contributed by atoms with Crippen LogP contribution < -0.4 is 0 Å². The molecule has 0 radical (unpaired) electrons. The van der Waals surface area contributed by atoms with Gasteiger partial charge >= 0.3 is 0 Å². The van der Waals surface area contributed by atoms with Crippen molar-refractivity contribution in [1.82, 2.24) is 4.57 Å². The molecule has 0 saturated heterocycles. The molecule has 0 N–H and O–H groups in total. The average Bonchev–Trinajstić information content (AvgIpc) is 2.65. The molecule has 0 atom stereocenters. The maximum atomic E-state index is 2.44. The molecule has 1 aromatic heterocycles. The monoisotopic (exact) mass is 213 g/mol. The fourth-order valence-electron chi connectivity index (χ4n) is 2.56. The van der Waals surface area contributed by atoms with Gasteiger partial charge in [0.25, 0.3) is 0 Å². The van der Waals surface area contributed by atoms with Gasteiger partial charge in [0.05, 0.1) is 0 Å². The first-order valence-corrected chi connectivity index (χ1v) is 6.44. The third-order valence-electron chi connectivity index (χ3n) is 3.93. The summed E-state index contributed by atoms with van der Waals surface area (Å²) < 4.78 is 2.44. The van der Waals surface area contributed by atoms with Gasteiger partial charge in [0.15, 0.2) is 0 Å². The zero-order valence-electron chi connectivity index (χ0n) is 9.95. The van der Waals surface area contributed by atoms with Crippen LogP contribution in [0, 0.1) is 5.92 Å². The Morgan fingerprint density at radius 3 is 2.81 bits per heavy atom. The van der Waals surface area contributed by atoms with E-state index in [0.29, 0.717) is 0 Å².